The molecule has 0 heterocycles. The summed E-state index contributed by atoms with van der Waals surface area (Å²) in [6, 6.07) is 16.4. The number of rotatable bonds is 3. The van der Waals surface area contributed by atoms with Crippen molar-refractivity contribution in [3.8, 4) is 0 Å². The number of hydrogen-bond acceptors (Lipinski definition) is 1. The van der Waals surface area contributed by atoms with Crippen LogP contribution >= 0.6 is 0 Å². The summed E-state index contributed by atoms with van der Waals surface area (Å²) in [7, 11) is 0. The first kappa shape index (κ1) is 12.8. The minimum Gasteiger partial charge on any atom is -0.385 e. The molecule has 2 aromatic rings. The minimum absolute atomic E-state index is 0.637. The predicted octanol–water partition coefficient (Wildman–Crippen LogP) is 3.75. The molecule has 0 aliphatic heterocycles. The summed E-state index contributed by atoms with van der Waals surface area (Å²) in [5, 5.41) is 10.6. The zero-order valence-corrected chi connectivity index (χ0v) is 11.3. The summed E-state index contributed by atoms with van der Waals surface area (Å²) in [6.45, 7) is 6.00. The number of hydrogen-bond donors (Lipinski definition) is 1. The molecule has 0 aromatic heterocycles. The largest absolute Gasteiger partial charge is 0.385 e. The molecule has 0 saturated carbocycles. The second-order valence-electron chi connectivity index (χ2n) is 5.31. The third-order valence-corrected chi connectivity index (χ3v) is 3.30. The number of aliphatic hydroxyl groups is 1. The first-order valence-electron chi connectivity index (χ1n) is 6.32. The van der Waals surface area contributed by atoms with Gasteiger partial charge in [0.15, 0.2) is 0 Å². The molecule has 0 amide bonds. The van der Waals surface area contributed by atoms with Gasteiger partial charge < -0.3 is 5.11 Å². The van der Waals surface area contributed by atoms with Gasteiger partial charge in [-0.3, -0.25) is 0 Å². The van der Waals surface area contributed by atoms with Crippen LogP contribution in [0.3, 0.4) is 0 Å². The maximum absolute atomic E-state index is 10.6. The van der Waals surface area contributed by atoms with Gasteiger partial charge in [-0.1, -0.05) is 59.7 Å². The van der Waals surface area contributed by atoms with E-state index in [4.69, 9.17) is 0 Å². The molecule has 1 N–H and O–H groups in total. The Morgan fingerprint density at radius 2 is 1.61 bits per heavy atom. The van der Waals surface area contributed by atoms with E-state index in [1.54, 1.807) is 0 Å². The van der Waals surface area contributed by atoms with Gasteiger partial charge >= 0.3 is 0 Å². The molecule has 0 aliphatic carbocycles. The molecule has 1 unspecified atom stereocenters. The molecule has 0 radical (unpaired) electrons. The average molecular weight is 240 g/mol. The van der Waals surface area contributed by atoms with Crippen LogP contribution in [-0.4, -0.2) is 5.11 Å². The molecular weight excluding hydrogens is 220 g/mol. The SMILES string of the molecule is Cc1ccc(C(C)(O)Cc2cccc(C)c2)cc1. The molecule has 1 nitrogen and oxygen atoms in total. The van der Waals surface area contributed by atoms with Crippen molar-refractivity contribution < 1.29 is 5.11 Å². The molecule has 0 fully saturated rings. The van der Waals surface area contributed by atoms with Gasteiger partial charge in [0.05, 0.1) is 5.60 Å². The Hall–Kier alpha value is -1.60. The smallest absolute Gasteiger partial charge is 0.0908 e. The van der Waals surface area contributed by atoms with Gasteiger partial charge in [-0.25, -0.2) is 0 Å². The van der Waals surface area contributed by atoms with Crippen LogP contribution in [-0.2, 0) is 12.0 Å². The van der Waals surface area contributed by atoms with Crippen LogP contribution in [0.1, 0.15) is 29.2 Å². The summed E-state index contributed by atoms with van der Waals surface area (Å²) in [6.07, 6.45) is 0.637. The van der Waals surface area contributed by atoms with Crippen molar-refractivity contribution in [2.75, 3.05) is 0 Å². The molecular formula is C17H20O. The minimum atomic E-state index is -0.818. The Labute approximate surface area is 109 Å². The van der Waals surface area contributed by atoms with E-state index in [1.807, 2.05) is 37.3 Å². The van der Waals surface area contributed by atoms with E-state index in [2.05, 4.69) is 32.0 Å². The lowest BCUT2D eigenvalue weighted by Crippen LogP contribution is -2.24. The first-order valence-corrected chi connectivity index (χ1v) is 6.32. The van der Waals surface area contributed by atoms with Gasteiger partial charge in [-0.15, -0.1) is 0 Å². The Morgan fingerprint density at radius 1 is 0.944 bits per heavy atom. The van der Waals surface area contributed by atoms with E-state index >= 15 is 0 Å². The van der Waals surface area contributed by atoms with Crippen LogP contribution in [0.25, 0.3) is 0 Å². The molecule has 94 valence electrons. The lowest BCUT2D eigenvalue weighted by molar-refractivity contribution is 0.0576. The van der Waals surface area contributed by atoms with Crippen LogP contribution in [0, 0.1) is 13.8 Å². The third kappa shape index (κ3) is 2.99. The Balaban J connectivity index is 2.23. The zero-order valence-electron chi connectivity index (χ0n) is 11.3. The second-order valence-corrected chi connectivity index (χ2v) is 5.31. The van der Waals surface area contributed by atoms with Crippen LogP contribution < -0.4 is 0 Å². The van der Waals surface area contributed by atoms with Crippen LogP contribution in [0.4, 0.5) is 0 Å². The van der Waals surface area contributed by atoms with E-state index in [0.29, 0.717) is 6.42 Å². The number of benzene rings is 2. The lowest BCUT2D eigenvalue weighted by atomic mass is 9.88. The normalized spacial score (nSPS) is 14.2. The topological polar surface area (TPSA) is 20.2 Å². The highest BCUT2D eigenvalue weighted by atomic mass is 16.3. The predicted molar refractivity (Wildman–Crippen MR) is 75.6 cm³/mol. The van der Waals surface area contributed by atoms with Gasteiger partial charge in [0, 0.05) is 6.42 Å². The zero-order chi connectivity index (χ0) is 13.2. The van der Waals surface area contributed by atoms with Crippen LogP contribution in [0.15, 0.2) is 48.5 Å². The van der Waals surface area contributed by atoms with E-state index in [1.165, 1.54) is 16.7 Å². The van der Waals surface area contributed by atoms with Gasteiger partial charge in [0.25, 0.3) is 0 Å². The van der Waals surface area contributed by atoms with Gasteiger partial charge in [-0.2, -0.15) is 0 Å². The molecule has 0 aliphatic rings. The third-order valence-electron chi connectivity index (χ3n) is 3.30. The van der Waals surface area contributed by atoms with E-state index in [0.717, 1.165) is 5.56 Å². The van der Waals surface area contributed by atoms with Crippen molar-refractivity contribution >= 4 is 0 Å². The van der Waals surface area contributed by atoms with Crippen molar-refractivity contribution in [2.45, 2.75) is 32.8 Å². The molecule has 0 spiro atoms. The molecule has 2 aromatic carbocycles. The summed E-state index contributed by atoms with van der Waals surface area (Å²) in [5.41, 5.74) is 3.76. The second kappa shape index (κ2) is 4.95. The molecule has 2 rings (SSSR count). The molecule has 1 atom stereocenters. The van der Waals surface area contributed by atoms with Crippen molar-refractivity contribution in [3.05, 3.63) is 70.8 Å². The van der Waals surface area contributed by atoms with Crippen molar-refractivity contribution in [3.63, 3.8) is 0 Å². The summed E-state index contributed by atoms with van der Waals surface area (Å²) in [5.74, 6) is 0. The van der Waals surface area contributed by atoms with Gasteiger partial charge in [-0.05, 0) is 31.9 Å². The standard InChI is InChI=1S/C17H20O/c1-13-7-9-16(10-8-13)17(3,18)12-15-6-4-5-14(2)11-15/h4-11,18H,12H2,1-3H3. The molecule has 0 bridgehead atoms. The monoisotopic (exact) mass is 240 g/mol. The van der Waals surface area contributed by atoms with Gasteiger partial charge in [0.1, 0.15) is 0 Å². The van der Waals surface area contributed by atoms with E-state index < -0.39 is 5.60 Å². The van der Waals surface area contributed by atoms with E-state index in [9.17, 15) is 5.11 Å². The highest BCUT2D eigenvalue weighted by Crippen LogP contribution is 2.25. The molecule has 18 heavy (non-hydrogen) atoms. The first-order chi connectivity index (χ1) is 8.47. The fourth-order valence-electron chi connectivity index (χ4n) is 2.23. The average Bonchev–Trinajstić information content (AvgIpc) is 2.29. The highest BCUT2D eigenvalue weighted by Gasteiger charge is 2.23. The Bertz CT molecular complexity index is 524. The number of aryl methyl sites for hydroxylation is 2. The van der Waals surface area contributed by atoms with Crippen LogP contribution in [0.2, 0.25) is 0 Å². The molecule has 1 heteroatoms. The Morgan fingerprint density at radius 3 is 2.22 bits per heavy atom. The van der Waals surface area contributed by atoms with E-state index in [-0.39, 0.29) is 0 Å². The quantitative estimate of drug-likeness (QED) is 0.866. The lowest BCUT2D eigenvalue weighted by Gasteiger charge is -2.24. The fourth-order valence-corrected chi connectivity index (χ4v) is 2.23. The highest BCUT2D eigenvalue weighted by molar-refractivity contribution is 5.30. The maximum Gasteiger partial charge on any atom is 0.0908 e. The molecule has 0 saturated heterocycles. The van der Waals surface area contributed by atoms with Crippen molar-refractivity contribution in [1.29, 1.82) is 0 Å². The van der Waals surface area contributed by atoms with Crippen LogP contribution in [0.5, 0.6) is 0 Å². The fraction of sp³-hybridized carbons (Fsp3) is 0.294. The van der Waals surface area contributed by atoms with Crippen molar-refractivity contribution in [1.82, 2.24) is 0 Å². The summed E-state index contributed by atoms with van der Waals surface area (Å²) in [4.78, 5) is 0. The Kier molecular flexibility index (Phi) is 3.53. The van der Waals surface area contributed by atoms with Gasteiger partial charge in [0.2, 0.25) is 0 Å². The maximum atomic E-state index is 10.6. The van der Waals surface area contributed by atoms with Crippen molar-refractivity contribution in [2.24, 2.45) is 0 Å². The summed E-state index contributed by atoms with van der Waals surface area (Å²) >= 11 is 0. The summed E-state index contributed by atoms with van der Waals surface area (Å²) < 4.78 is 0.